The van der Waals surface area contributed by atoms with E-state index in [1.165, 1.54) is 30.3 Å². The summed E-state index contributed by atoms with van der Waals surface area (Å²) in [6.45, 7) is -0.0381. The van der Waals surface area contributed by atoms with Crippen molar-refractivity contribution < 1.29 is 39.1 Å². The van der Waals surface area contributed by atoms with E-state index in [2.05, 4.69) is 0 Å². The predicted molar refractivity (Wildman–Crippen MR) is 119 cm³/mol. The van der Waals surface area contributed by atoms with Gasteiger partial charge in [0.15, 0.2) is 11.5 Å². The Morgan fingerprint density at radius 2 is 1.53 bits per heavy atom. The largest absolute Gasteiger partial charge is 0.508 e. The van der Waals surface area contributed by atoms with Crippen molar-refractivity contribution in [3.8, 4) is 23.0 Å². The average Bonchev–Trinajstić information content (AvgIpc) is 3.07. The Morgan fingerprint density at radius 1 is 0.824 bits per heavy atom. The van der Waals surface area contributed by atoms with Gasteiger partial charge in [0.05, 0.1) is 12.2 Å². The van der Waals surface area contributed by atoms with Gasteiger partial charge in [-0.2, -0.15) is 0 Å². The Labute approximate surface area is 194 Å². The first kappa shape index (κ1) is 21.4. The van der Waals surface area contributed by atoms with Crippen LogP contribution in [0.1, 0.15) is 16.7 Å². The molecule has 34 heavy (non-hydrogen) atoms. The molecule has 172 valence electrons. The third kappa shape index (κ3) is 3.69. The summed E-state index contributed by atoms with van der Waals surface area (Å²) in [4.78, 5) is 26.0. The highest BCUT2D eigenvalue weighted by atomic mass is 16.6. The Bertz CT molecular complexity index is 1310. The van der Waals surface area contributed by atoms with Crippen LogP contribution in [0.2, 0.25) is 0 Å². The van der Waals surface area contributed by atoms with Gasteiger partial charge < -0.3 is 29.5 Å². The monoisotopic (exact) mass is 460 g/mol. The first-order valence-corrected chi connectivity index (χ1v) is 10.6. The number of rotatable bonds is 1. The normalized spacial score (nSPS) is 20.0. The fraction of sp³-hybridized carbons (Fsp3) is 0.154. The van der Waals surface area contributed by atoms with Gasteiger partial charge in [0.2, 0.25) is 11.4 Å². The van der Waals surface area contributed by atoms with Gasteiger partial charge in [-0.1, -0.05) is 30.3 Å². The first-order valence-electron chi connectivity index (χ1n) is 10.6. The summed E-state index contributed by atoms with van der Waals surface area (Å²) < 4.78 is 16.9. The van der Waals surface area contributed by atoms with Crippen molar-refractivity contribution in [2.45, 2.75) is 18.4 Å². The van der Waals surface area contributed by atoms with Gasteiger partial charge in [-0.25, -0.2) is 9.59 Å². The van der Waals surface area contributed by atoms with Gasteiger partial charge in [0, 0.05) is 12.8 Å². The zero-order valence-electron chi connectivity index (χ0n) is 17.9. The lowest BCUT2D eigenvalue weighted by Gasteiger charge is -2.29. The number of carbonyl (C=O) groups is 2. The van der Waals surface area contributed by atoms with Crippen molar-refractivity contribution in [3.63, 3.8) is 0 Å². The van der Waals surface area contributed by atoms with Crippen LogP contribution < -0.4 is 4.74 Å². The van der Waals surface area contributed by atoms with Crippen molar-refractivity contribution >= 4 is 17.5 Å². The lowest BCUT2D eigenvalue weighted by molar-refractivity contribution is -0.171. The number of benzene rings is 3. The van der Waals surface area contributed by atoms with Crippen molar-refractivity contribution in [3.05, 3.63) is 89.2 Å². The Hall–Kier alpha value is -4.46. The van der Waals surface area contributed by atoms with E-state index in [0.29, 0.717) is 23.3 Å². The Kier molecular flexibility index (Phi) is 5.13. The number of aromatic hydroxyl groups is 2. The smallest absolute Gasteiger partial charge is 0.375 e. The number of hydrogen-bond donors (Lipinski definition) is 3. The number of aliphatic hydroxyl groups excluding tert-OH is 1. The van der Waals surface area contributed by atoms with Crippen LogP contribution in [-0.2, 0) is 31.9 Å². The van der Waals surface area contributed by atoms with E-state index < -0.39 is 23.3 Å². The lowest BCUT2D eigenvalue weighted by atomic mass is 9.83. The molecule has 3 aromatic rings. The second kappa shape index (κ2) is 8.15. The highest BCUT2D eigenvalue weighted by Crippen LogP contribution is 2.43. The average molecular weight is 460 g/mol. The minimum atomic E-state index is -1.93. The summed E-state index contributed by atoms with van der Waals surface area (Å²) in [7, 11) is 0. The molecule has 3 aliphatic heterocycles. The quantitative estimate of drug-likeness (QED) is 0.469. The molecule has 0 fully saturated rings. The van der Waals surface area contributed by atoms with Gasteiger partial charge in [0.1, 0.15) is 11.5 Å². The third-order valence-electron chi connectivity index (χ3n) is 5.84. The van der Waals surface area contributed by atoms with Crippen molar-refractivity contribution in [2.24, 2.45) is 0 Å². The number of esters is 2. The van der Waals surface area contributed by atoms with Gasteiger partial charge in [-0.05, 0) is 53.1 Å². The molecule has 0 amide bonds. The van der Waals surface area contributed by atoms with Crippen LogP contribution in [-0.4, -0.2) is 39.5 Å². The minimum Gasteiger partial charge on any atom is -0.508 e. The molecule has 8 heteroatoms. The van der Waals surface area contributed by atoms with E-state index >= 15 is 0 Å². The summed E-state index contributed by atoms with van der Waals surface area (Å²) in [5, 5.41) is 30.4. The number of ether oxygens (including phenoxy) is 3. The van der Waals surface area contributed by atoms with Crippen molar-refractivity contribution in [2.75, 3.05) is 6.61 Å². The van der Waals surface area contributed by atoms with Gasteiger partial charge >= 0.3 is 11.9 Å². The molecule has 3 N–H and O–H groups in total. The fourth-order valence-electron chi connectivity index (χ4n) is 4.15. The zero-order valence-corrected chi connectivity index (χ0v) is 17.9. The second-order valence-electron chi connectivity index (χ2n) is 8.10. The number of aliphatic hydroxyl groups is 1. The van der Waals surface area contributed by atoms with Crippen LogP contribution in [0.15, 0.2) is 72.5 Å². The zero-order chi connectivity index (χ0) is 23.9. The summed E-state index contributed by atoms with van der Waals surface area (Å²) >= 11 is 0. The third-order valence-corrected chi connectivity index (χ3v) is 5.84. The number of carbonyl (C=O) groups excluding carboxylic acids is 2. The van der Waals surface area contributed by atoms with Crippen molar-refractivity contribution in [1.29, 1.82) is 0 Å². The molecule has 3 aliphatic rings. The minimum absolute atomic E-state index is 0.0134. The van der Waals surface area contributed by atoms with Crippen LogP contribution in [0.4, 0.5) is 0 Å². The van der Waals surface area contributed by atoms with Crippen LogP contribution in [0.3, 0.4) is 0 Å². The number of phenolic OH excluding ortho intramolecular Hbond substituents is 2. The molecule has 3 aromatic carbocycles. The molecule has 0 radical (unpaired) electrons. The Balaban J connectivity index is 1.61. The topological polar surface area (TPSA) is 123 Å². The van der Waals surface area contributed by atoms with E-state index in [9.17, 15) is 24.9 Å². The molecular weight excluding hydrogens is 440 g/mol. The molecule has 6 rings (SSSR count). The van der Waals surface area contributed by atoms with E-state index in [1.54, 1.807) is 36.4 Å². The van der Waals surface area contributed by atoms with Gasteiger partial charge in [-0.15, -0.1) is 0 Å². The van der Waals surface area contributed by atoms with Crippen LogP contribution in [0.5, 0.6) is 23.0 Å². The van der Waals surface area contributed by atoms with Crippen LogP contribution >= 0.6 is 0 Å². The SMILES string of the molecule is O=C1OC2(Cc3ccc(cc3)Oc3cc(ccc3O)CCOC2=O)C(c2ccc(O)cc2)=C1O. The number of hydrogen-bond acceptors (Lipinski definition) is 8. The van der Waals surface area contributed by atoms with Gasteiger partial charge in [0.25, 0.3) is 0 Å². The summed E-state index contributed by atoms with van der Waals surface area (Å²) in [5.41, 5.74) is -0.253. The molecule has 0 saturated heterocycles. The molecule has 0 aliphatic carbocycles. The standard InChI is InChI=1S/C26H20O8/c27-18-6-4-17(5-7-18)22-23(29)24(30)34-26(22)14-16-1-8-19(9-2-16)33-21-13-15(3-10-20(21)28)11-12-32-25(26)31/h1-10,13,27-29H,11-12,14H2. The number of phenols is 2. The van der Waals surface area contributed by atoms with Crippen LogP contribution in [0, 0.1) is 0 Å². The number of fused-ring (bicyclic) bond motifs is 5. The van der Waals surface area contributed by atoms with E-state index in [4.69, 9.17) is 14.2 Å². The molecule has 1 atom stereocenters. The first-order chi connectivity index (χ1) is 16.4. The van der Waals surface area contributed by atoms with Crippen LogP contribution in [0.25, 0.3) is 5.57 Å². The maximum absolute atomic E-state index is 13.5. The summed E-state index contributed by atoms with van der Waals surface area (Å²) in [6.07, 6.45) is 0.211. The molecular formula is C26H20O8. The highest BCUT2D eigenvalue weighted by molar-refractivity contribution is 6.11. The van der Waals surface area contributed by atoms with Gasteiger partial charge in [-0.3, -0.25) is 0 Å². The molecule has 0 aromatic heterocycles. The van der Waals surface area contributed by atoms with E-state index in [-0.39, 0.29) is 35.8 Å². The van der Waals surface area contributed by atoms with E-state index in [0.717, 1.165) is 5.56 Å². The summed E-state index contributed by atoms with van der Waals surface area (Å²) in [5.74, 6) is -1.85. The fourth-order valence-corrected chi connectivity index (χ4v) is 4.15. The maximum Gasteiger partial charge on any atom is 0.375 e. The molecule has 3 heterocycles. The summed E-state index contributed by atoms with van der Waals surface area (Å²) in [6, 6.07) is 17.3. The molecule has 8 nitrogen and oxygen atoms in total. The predicted octanol–water partition coefficient (Wildman–Crippen LogP) is 3.80. The molecule has 0 saturated carbocycles. The molecule has 1 spiro atoms. The lowest BCUT2D eigenvalue weighted by Crippen LogP contribution is -2.44. The van der Waals surface area contributed by atoms with Crippen molar-refractivity contribution in [1.82, 2.24) is 0 Å². The molecule has 1 unspecified atom stereocenters. The highest BCUT2D eigenvalue weighted by Gasteiger charge is 2.56. The molecule has 4 bridgehead atoms. The van der Waals surface area contributed by atoms with E-state index in [1.807, 2.05) is 0 Å². The maximum atomic E-state index is 13.5. The second-order valence-corrected chi connectivity index (χ2v) is 8.10. The Morgan fingerprint density at radius 3 is 2.26 bits per heavy atom.